The van der Waals surface area contributed by atoms with Crippen LogP contribution in [0.4, 0.5) is 17.1 Å². The lowest BCUT2D eigenvalue weighted by Gasteiger charge is -2.42. The summed E-state index contributed by atoms with van der Waals surface area (Å²) in [7, 11) is 0. The van der Waals surface area contributed by atoms with Gasteiger partial charge in [-0.1, -0.05) is 155 Å². The molecule has 2 aliphatic rings. The van der Waals surface area contributed by atoms with Crippen LogP contribution in [0.25, 0.3) is 82.1 Å². The van der Waals surface area contributed by atoms with Crippen molar-refractivity contribution in [1.29, 1.82) is 0 Å². The largest absolute Gasteiger partial charge is 0.310 e. The van der Waals surface area contributed by atoms with E-state index in [0.717, 1.165) is 5.69 Å². The Balaban J connectivity index is 1.08. The maximum Gasteiger partial charge on any atom is 0.0542 e. The Labute approximate surface area is 361 Å². The van der Waals surface area contributed by atoms with Crippen LogP contribution in [0.5, 0.6) is 0 Å². The van der Waals surface area contributed by atoms with Gasteiger partial charge in [0.25, 0.3) is 0 Å². The van der Waals surface area contributed by atoms with Gasteiger partial charge in [0.15, 0.2) is 0 Å². The third-order valence-electron chi connectivity index (χ3n) is 14.5. The third-order valence-corrected chi connectivity index (χ3v) is 14.5. The number of aromatic nitrogens is 1. The van der Waals surface area contributed by atoms with Crippen molar-refractivity contribution in [2.75, 3.05) is 4.90 Å². The molecule has 2 nitrogen and oxygen atoms in total. The summed E-state index contributed by atoms with van der Waals surface area (Å²) in [5, 5.41) is 10.2. The number of hydrogen-bond acceptors (Lipinski definition) is 1. The van der Waals surface area contributed by atoms with Gasteiger partial charge in [0.2, 0.25) is 0 Å². The molecule has 1 aromatic heterocycles. The molecule has 1 aliphatic carbocycles. The molecule has 2 heteroatoms. The van der Waals surface area contributed by atoms with E-state index in [1.54, 1.807) is 0 Å². The van der Waals surface area contributed by atoms with Crippen LogP contribution in [0.3, 0.4) is 0 Å². The number of nitrogens with zero attached hydrogens (tertiary/aromatic N) is 2. The zero-order valence-corrected chi connectivity index (χ0v) is 35.4. The SMILES string of the molecule is CC1(C)c2ccccc2-c2ccc(-c3ccc4c(c3)C(C)(C)c3cc5c6ccccc6c6ccccc6c5cc3N4c3ccc4c(c3)c3ccccc3n4-c3ccccc3)cc21. The van der Waals surface area contributed by atoms with Gasteiger partial charge >= 0.3 is 0 Å². The molecule has 11 aromatic rings. The minimum absolute atomic E-state index is 0.0680. The summed E-state index contributed by atoms with van der Waals surface area (Å²) in [6.45, 7) is 9.61. The summed E-state index contributed by atoms with van der Waals surface area (Å²) in [4.78, 5) is 2.56. The summed E-state index contributed by atoms with van der Waals surface area (Å²) in [5.41, 5.74) is 17.5. The third kappa shape index (κ3) is 4.75. The molecule has 10 aromatic carbocycles. The fraction of sp³-hybridized carbons (Fsp3) is 0.100. The molecule has 0 unspecified atom stereocenters. The monoisotopic (exact) mass is 792 g/mol. The number of hydrogen-bond donors (Lipinski definition) is 0. The molecule has 13 rings (SSSR count). The Morgan fingerprint density at radius 2 is 0.839 bits per heavy atom. The quantitative estimate of drug-likeness (QED) is 0.162. The highest BCUT2D eigenvalue weighted by molar-refractivity contribution is 6.26. The smallest absolute Gasteiger partial charge is 0.0542 e. The maximum absolute atomic E-state index is 2.56. The van der Waals surface area contributed by atoms with Crippen molar-refractivity contribution in [2.45, 2.75) is 38.5 Å². The van der Waals surface area contributed by atoms with E-state index >= 15 is 0 Å². The molecule has 0 N–H and O–H groups in total. The van der Waals surface area contributed by atoms with Gasteiger partial charge in [-0.25, -0.2) is 0 Å². The van der Waals surface area contributed by atoms with E-state index in [-0.39, 0.29) is 10.8 Å². The fourth-order valence-corrected chi connectivity index (χ4v) is 11.4. The van der Waals surface area contributed by atoms with E-state index in [4.69, 9.17) is 0 Å². The standard InChI is InChI=1S/C60H44N2/c1-59(2)51-24-14-12-22-45(51)46-29-26-37(32-52(46)59)38-27-30-57-53(33-38)60(3,4)54-35-48-43-20-10-8-18-41(43)42-19-9-11-21-44(42)49(48)36-58(54)62(57)40-28-31-56-50(34-40)47-23-13-15-25-55(47)61(56)39-16-6-5-7-17-39/h5-36H,1-4H3. The second-order valence-corrected chi connectivity index (χ2v) is 18.5. The Hall–Kier alpha value is -7.42. The van der Waals surface area contributed by atoms with Gasteiger partial charge in [0.1, 0.15) is 0 Å². The topological polar surface area (TPSA) is 8.17 Å². The summed E-state index contributed by atoms with van der Waals surface area (Å²) in [6, 6.07) is 72.9. The molecule has 62 heavy (non-hydrogen) atoms. The van der Waals surface area contributed by atoms with Crippen molar-refractivity contribution in [1.82, 2.24) is 4.57 Å². The predicted molar refractivity (Wildman–Crippen MR) is 263 cm³/mol. The van der Waals surface area contributed by atoms with E-state index in [1.807, 2.05) is 0 Å². The van der Waals surface area contributed by atoms with Crippen molar-refractivity contribution >= 4 is 71.2 Å². The Morgan fingerprint density at radius 3 is 1.58 bits per heavy atom. The van der Waals surface area contributed by atoms with Crippen LogP contribution in [0, 0.1) is 0 Å². The second kappa shape index (κ2) is 12.6. The van der Waals surface area contributed by atoms with E-state index in [9.17, 15) is 0 Å². The molecule has 0 saturated heterocycles. The van der Waals surface area contributed by atoms with Crippen LogP contribution < -0.4 is 4.90 Å². The minimum Gasteiger partial charge on any atom is -0.310 e. The Kier molecular flexibility index (Phi) is 7.16. The summed E-state index contributed by atoms with van der Waals surface area (Å²) >= 11 is 0. The number of rotatable bonds is 3. The second-order valence-electron chi connectivity index (χ2n) is 18.5. The van der Waals surface area contributed by atoms with Crippen LogP contribution in [-0.4, -0.2) is 4.57 Å². The van der Waals surface area contributed by atoms with E-state index in [0.29, 0.717) is 0 Å². The molecular weight excluding hydrogens is 749 g/mol. The molecule has 0 amide bonds. The average Bonchev–Trinajstić information content (AvgIpc) is 3.76. The van der Waals surface area contributed by atoms with Gasteiger partial charge in [-0.3, -0.25) is 0 Å². The van der Waals surface area contributed by atoms with Gasteiger partial charge in [-0.2, -0.15) is 0 Å². The molecule has 2 heterocycles. The first-order valence-corrected chi connectivity index (χ1v) is 21.9. The molecule has 0 spiro atoms. The predicted octanol–water partition coefficient (Wildman–Crippen LogP) is 16.3. The Morgan fingerprint density at radius 1 is 0.306 bits per heavy atom. The lowest BCUT2D eigenvalue weighted by molar-refractivity contribution is 0.633. The highest BCUT2D eigenvalue weighted by Crippen LogP contribution is 2.56. The van der Waals surface area contributed by atoms with Crippen LogP contribution >= 0.6 is 0 Å². The molecule has 0 saturated carbocycles. The summed E-state index contributed by atoms with van der Waals surface area (Å²) in [5.74, 6) is 0. The van der Waals surface area contributed by atoms with Gasteiger partial charge < -0.3 is 9.47 Å². The van der Waals surface area contributed by atoms with Crippen LogP contribution in [0.2, 0.25) is 0 Å². The van der Waals surface area contributed by atoms with Gasteiger partial charge in [-0.15, -0.1) is 0 Å². The summed E-state index contributed by atoms with van der Waals surface area (Å²) < 4.78 is 2.41. The average molecular weight is 793 g/mol. The minimum atomic E-state index is -0.308. The molecule has 294 valence electrons. The first kappa shape index (κ1) is 35.3. The first-order valence-electron chi connectivity index (χ1n) is 21.9. The van der Waals surface area contributed by atoms with Crippen molar-refractivity contribution in [3.05, 3.63) is 216 Å². The summed E-state index contributed by atoms with van der Waals surface area (Å²) in [6.07, 6.45) is 0. The van der Waals surface area contributed by atoms with Crippen LogP contribution in [0.15, 0.2) is 194 Å². The zero-order valence-electron chi connectivity index (χ0n) is 35.4. The lowest BCUT2D eigenvalue weighted by Crippen LogP contribution is -2.30. The molecule has 0 radical (unpaired) electrons. The first-order chi connectivity index (χ1) is 30.3. The lowest BCUT2D eigenvalue weighted by atomic mass is 9.71. The molecular formula is C60H44N2. The van der Waals surface area contributed by atoms with Crippen molar-refractivity contribution in [3.63, 3.8) is 0 Å². The zero-order chi connectivity index (χ0) is 41.5. The van der Waals surface area contributed by atoms with Gasteiger partial charge in [-0.05, 0) is 144 Å². The van der Waals surface area contributed by atoms with E-state index in [1.165, 1.54) is 116 Å². The van der Waals surface area contributed by atoms with Crippen molar-refractivity contribution in [2.24, 2.45) is 0 Å². The fourth-order valence-electron chi connectivity index (χ4n) is 11.4. The van der Waals surface area contributed by atoms with Crippen molar-refractivity contribution in [3.8, 4) is 27.9 Å². The number of benzene rings is 10. The van der Waals surface area contributed by atoms with E-state index < -0.39 is 0 Å². The number of fused-ring (bicyclic) bond motifs is 14. The number of anilines is 3. The van der Waals surface area contributed by atoms with Crippen LogP contribution in [0.1, 0.15) is 49.9 Å². The highest BCUT2D eigenvalue weighted by atomic mass is 15.2. The van der Waals surface area contributed by atoms with Crippen LogP contribution in [-0.2, 0) is 10.8 Å². The molecule has 0 atom stereocenters. The van der Waals surface area contributed by atoms with Gasteiger partial charge in [0, 0.05) is 33.0 Å². The Bertz CT molecular complexity index is 3700. The highest BCUT2D eigenvalue weighted by Gasteiger charge is 2.39. The van der Waals surface area contributed by atoms with E-state index in [2.05, 4.69) is 231 Å². The molecule has 1 aliphatic heterocycles. The maximum atomic E-state index is 2.56. The molecule has 0 bridgehead atoms. The van der Waals surface area contributed by atoms with Crippen molar-refractivity contribution < 1.29 is 0 Å². The molecule has 0 fully saturated rings. The number of para-hydroxylation sites is 2. The normalized spacial score (nSPS) is 14.7. The van der Waals surface area contributed by atoms with Gasteiger partial charge in [0.05, 0.1) is 22.4 Å².